The summed E-state index contributed by atoms with van der Waals surface area (Å²) in [5.74, 6) is -0.508. The van der Waals surface area contributed by atoms with Crippen molar-refractivity contribution in [2.24, 2.45) is 0 Å². The van der Waals surface area contributed by atoms with Crippen LogP contribution in [0.15, 0.2) is 79.1 Å². The average Bonchev–Trinajstić information content (AvgIpc) is 3.30. The number of ether oxygens (including phenoxy) is 1. The van der Waals surface area contributed by atoms with Crippen molar-refractivity contribution in [2.75, 3.05) is 13.2 Å². The molecule has 198 valence electrons. The molecule has 1 heterocycles. The normalized spacial score (nSPS) is 14.1. The Hall–Kier alpha value is -2.03. The highest BCUT2D eigenvalue weighted by Crippen LogP contribution is 2.33. The summed E-state index contributed by atoms with van der Waals surface area (Å²) in [6.07, 6.45) is 3.05. The van der Waals surface area contributed by atoms with Crippen LogP contribution < -0.4 is 0 Å². The maximum Gasteiger partial charge on any atom is 0.182 e. The van der Waals surface area contributed by atoms with E-state index >= 15 is 0 Å². The molecule has 1 aliphatic rings. The van der Waals surface area contributed by atoms with Crippen molar-refractivity contribution in [3.05, 3.63) is 117 Å². The highest BCUT2D eigenvalue weighted by Gasteiger charge is 2.30. The van der Waals surface area contributed by atoms with Gasteiger partial charge in [-0.05, 0) is 54.1 Å². The van der Waals surface area contributed by atoms with E-state index in [1.807, 2.05) is 28.1 Å². The van der Waals surface area contributed by atoms with Crippen molar-refractivity contribution in [1.82, 2.24) is 9.80 Å². The van der Waals surface area contributed by atoms with E-state index in [9.17, 15) is 9.18 Å². The maximum atomic E-state index is 13.2. The molecule has 3 aromatic carbocycles. The molecular weight excluding hydrogens is 585 g/mol. The van der Waals surface area contributed by atoms with Crippen molar-refractivity contribution in [3.63, 3.8) is 0 Å². The zero-order chi connectivity index (χ0) is 24.9. The highest BCUT2D eigenvalue weighted by atomic mass is 35.5. The minimum atomic E-state index is -0.611. The van der Waals surface area contributed by atoms with E-state index in [1.165, 1.54) is 24.3 Å². The van der Waals surface area contributed by atoms with Crippen molar-refractivity contribution >= 4 is 64.6 Å². The van der Waals surface area contributed by atoms with Crippen LogP contribution in [-0.2, 0) is 11.3 Å². The Balaban J connectivity index is 0.00000241. The molecule has 2 N–H and O–H groups in total. The summed E-state index contributed by atoms with van der Waals surface area (Å²) in [7, 11) is 0. The number of Topliss-reactive ketones (excluding diaryl/α,β-unsaturated/α-hetero) is 1. The summed E-state index contributed by atoms with van der Waals surface area (Å²) in [6.45, 7) is 0.657. The molecular formula is C26H24Cl5FN2O3. The van der Waals surface area contributed by atoms with E-state index in [-0.39, 0.29) is 42.6 Å². The smallest absolute Gasteiger partial charge is 0.182 e. The second kappa shape index (κ2) is 14.2. The van der Waals surface area contributed by atoms with Gasteiger partial charge in [0.15, 0.2) is 5.78 Å². The number of alkyl halides is 1. The van der Waals surface area contributed by atoms with Gasteiger partial charge in [-0.1, -0.05) is 64.6 Å². The van der Waals surface area contributed by atoms with E-state index in [4.69, 9.17) is 51.1 Å². The third kappa shape index (κ3) is 7.98. The number of nitrogens with zero attached hydrogens (tertiary/aromatic N) is 2. The van der Waals surface area contributed by atoms with Crippen LogP contribution in [0.25, 0.3) is 0 Å². The van der Waals surface area contributed by atoms with Gasteiger partial charge >= 0.3 is 0 Å². The summed E-state index contributed by atoms with van der Waals surface area (Å²) < 4.78 is 19.4. The predicted molar refractivity (Wildman–Crippen MR) is 149 cm³/mol. The fourth-order valence-electron chi connectivity index (χ4n) is 3.66. The lowest BCUT2D eigenvalue weighted by molar-refractivity contribution is 0.00702. The van der Waals surface area contributed by atoms with Crippen LogP contribution in [0.2, 0.25) is 15.1 Å². The van der Waals surface area contributed by atoms with Crippen LogP contribution >= 0.6 is 58.8 Å². The second-order valence-electron chi connectivity index (χ2n) is 7.99. The summed E-state index contributed by atoms with van der Waals surface area (Å²) in [6, 6.07) is 18.0. The topological polar surface area (TPSA) is 64.3 Å². The molecule has 37 heavy (non-hydrogen) atoms. The molecule has 0 aromatic heterocycles. The highest BCUT2D eigenvalue weighted by molar-refractivity contribution is 6.36. The van der Waals surface area contributed by atoms with Crippen LogP contribution in [0, 0.1) is 5.82 Å². The van der Waals surface area contributed by atoms with Crippen LogP contribution in [0.3, 0.4) is 0 Å². The van der Waals surface area contributed by atoms with Crippen molar-refractivity contribution < 1.29 is 19.4 Å². The lowest BCUT2D eigenvalue weighted by Crippen LogP contribution is -2.37. The van der Waals surface area contributed by atoms with Crippen LogP contribution in [0.1, 0.15) is 27.6 Å². The molecule has 0 radical (unpaired) electrons. The molecule has 2 unspecified atom stereocenters. The number of benzene rings is 3. The molecule has 0 fully saturated rings. The standard InChI is InChI=1S/C26H21Cl4FN2O2.ClH.H2O/c27-19-8-4-18(5-9-19)25(35-15-21-22(28)2-1-3-23(21)29)26(30)33-13-12-32(16-33)14-24(34)17-6-10-20(31)11-7-17;;/h1-13,25-26H,14-16H2;1H;1H2. The van der Waals surface area contributed by atoms with Crippen LogP contribution in [0.4, 0.5) is 4.39 Å². The molecule has 3 aromatic rings. The molecule has 11 heteroatoms. The predicted octanol–water partition coefficient (Wildman–Crippen LogP) is 7.14. The summed E-state index contributed by atoms with van der Waals surface area (Å²) >= 11 is 25.6. The Morgan fingerprint density at radius 1 is 0.946 bits per heavy atom. The van der Waals surface area contributed by atoms with Gasteiger partial charge in [-0.3, -0.25) is 4.79 Å². The minimum Gasteiger partial charge on any atom is -0.412 e. The van der Waals surface area contributed by atoms with Gasteiger partial charge in [0.1, 0.15) is 17.4 Å². The molecule has 5 nitrogen and oxygen atoms in total. The third-order valence-corrected chi connectivity index (χ3v) is 7.00. The number of halogens is 6. The zero-order valence-electron chi connectivity index (χ0n) is 19.3. The van der Waals surface area contributed by atoms with Crippen molar-refractivity contribution in [1.29, 1.82) is 0 Å². The molecule has 0 saturated carbocycles. The summed E-state index contributed by atoms with van der Waals surface area (Å²) in [5, 5.41) is 1.61. The van der Waals surface area contributed by atoms with Gasteiger partial charge in [-0.25, -0.2) is 4.39 Å². The maximum absolute atomic E-state index is 13.2. The molecule has 0 bridgehead atoms. The number of ketones is 1. The monoisotopic (exact) mass is 606 g/mol. The largest absolute Gasteiger partial charge is 0.412 e. The van der Waals surface area contributed by atoms with Gasteiger partial charge in [0.2, 0.25) is 0 Å². The molecule has 0 saturated heterocycles. The Kier molecular flexibility index (Phi) is 12.0. The molecule has 0 amide bonds. The number of carbonyl (C=O) groups excluding carboxylic acids is 1. The molecule has 4 rings (SSSR count). The fourth-order valence-corrected chi connectivity index (χ4v) is 4.64. The van der Waals surface area contributed by atoms with Crippen LogP contribution in [-0.4, -0.2) is 39.8 Å². The first kappa shape index (κ1) is 31.2. The molecule has 0 aliphatic carbocycles. The van der Waals surface area contributed by atoms with Gasteiger partial charge in [0.25, 0.3) is 0 Å². The average molecular weight is 609 g/mol. The zero-order valence-corrected chi connectivity index (χ0v) is 23.1. The van der Waals surface area contributed by atoms with Crippen LogP contribution in [0.5, 0.6) is 0 Å². The Bertz CT molecular complexity index is 1190. The van der Waals surface area contributed by atoms with E-state index in [1.54, 1.807) is 36.5 Å². The lowest BCUT2D eigenvalue weighted by atomic mass is 10.1. The first-order valence-corrected chi connectivity index (χ1v) is 12.3. The summed E-state index contributed by atoms with van der Waals surface area (Å²) in [5.41, 5.74) is 1.33. The SMILES string of the molecule is Cl.O.O=C(CN1C=CN(C(Cl)C(OCc2c(Cl)cccc2Cl)c2ccc(Cl)cc2)C1)c1ccc(F)cc1. The van der Waals surface area contributed by atoms with Gasteiger partial charge in [-0.2, -0.15) is 0 Å². The first-order valence-electron chi connectivity index (χ1n) is 10.7. The van der Waals surface area contributed by atoms with Gasteiger partial charge < -0.3 is 20.0 Å². The van der Waals surface area contributed by atoms with E-state index in [2.05, 4.69) is 0 Å². The Morgan fingerprint density at radius 3 is 2.19 bits per heavy atom. The summed E-state index contributed by atoms with van der Waals surface area (Å²) in [4.78, 5) is 16.3. The third-order valence-electron chi connectivity index (χ3n) is 5.56. The number of carbonyl (C=O) groups is 1. The fraction of sp³-hybridized carbons (Fsp3) is 0.192. The Labute approximate surface area is 241 Å². The lowest BCUT2D eigenvalue weighted by Gasteiger charge is -2.31. The van der Waals surface area contributed by atoms with Crippen molar-refractivity contribution in [2.45, 2.75) is 18.2 Å². The Morgan fingerprint density at radius 2 is 1.57 bits per heavy atom. The number of rotatable bonds is 9. The van der Waals surface area contributed by atoms with Gasteiger partial charge in [0.05, 0.1) is 19.8 Å². The van der Waals surface area contributed by atoms with Crippen molar-refractivity contribution in [3.8, 4) is 0 Å². The van der Waals surface area contributed by atoms with E-state index in [0.717, 1.165) is 5.56 Å². The second-order valence-corrected chi connectivity index (χ2v) is 9.68. The van der Waals surface area contributed by atoms with Gasteiger partial charge in [-0.15, -0.1) is 12.4 Å². The minimum absolute atomic E-state index is 0. The molecule has 0 spiro atoms. The quantitative estimate of drug-likeness (QED) is 0.147. The van der Waals surface area contributed by atoms with E-state index in [0.29, 0.717) is 32.9 Å². The molecule has 2 atom stereocenters. The van der Waals surface area contributed by atoms with Gasteiger partial charge in [0, 0.05) is 38.6 Å². The number of hydrogen-bond acceptors (Lipinski definition) is 4. The molecule has 1 aliphatic heterocycles. The first-order chi connectivity index (χ1) is 16.8. The van der Waals surface area contributed by atoms with E-state index < -0.39 is 11.6 Å². The number of hydrogen-bond donors (Lipinski definition) is 0.